The lowest BCUT2D eigenvalue weighted by atomic mass is 9.95. The van der Waals surface area contributed by atoms with Crippen LogP contribution in [0.1, 0.15) is 41.3 Å². The van der Waals surface area contributed by atoms with Crippen LogP contribution in [0, 0.1) is 6.92 Å². The molecule has 0 aromatic heterocycles. The van der Waals surface area contributed by atoms with Crippen LogP contribution in [0.25, 0.3) is 0 Å². The second-order valence-electron chi connectivity index (χ2n) is 7.01. The number of aliphatic hydroxyl groups is 1. The quantitative estimate of drug-likeness (QED) is 0.563. The van der Waals surface area contributed by atoms with Crippen LogP contribution in [0.15, 0.2) is 84.9 Å². The van der Waals surface area contributed by atoms with Gasteiger partial charge in [-0.1, -0.05) is 90.5 Å². The van der Waals surface area contributed by atoms with Crippen molar-refractivity contribution >= 4 is 5.97 Å². The number of benzene rings is 3. The molecule has 29 heavy (non-hydrogen) atoms. The van der Waals surface area contributed by atoms with Gasteiger partial charge in [0.25, 0.3) is 0 Å². The lowest BCUT2D eigenvalue weighted by Crippen LogP contribution is -2.45. The number of rotatable bonds is 8. The minimum absolute atomic E-state index is 0.249. The molecule has 3 aromatic rings. The van der Waals surface area contributed by atoms with Gasteiger partial charge in [-0.3, -0.25) is 10.1 Å². The Morgan fingerprint density at radius 3 is 1.86 bits per heavy atom. The molecular weight excluding hydrogens is 362 g/mol. The predicted molar refractivity (Wildman–Crippen MR) is 114 cm³/mol. The molecule has 0 radical (unpaired) electrons. The van der Waals surface area contributed by atoms with E-state index in [4.69, 9.17) is 4.74 Å². The minimum Gasteiger partial charge on any atom is -0.465 e. The lowest BCUT2D eigenvalue weighted by Gasteiger charge is -2.29. The van der Waals surface area contributed by atoms with Crippen molar-refractivity contribution in [1.82, 2.24) is 5.32 Å². The van der Waals surface area contributed by atoms with Crippen LogP contribution in [-0.4, -0.2) is 23.7 Å². The highest BCUT2D eigenvalue weighted by Crippen LogP contribution is 2.26. The summed E-state index contributed by atoms with van der Waals surface area (Å²) in [6.07, 6.45) is -1.04. The molecule has 3 rings (SSSR count). The molecule has 0 heterocycles. The highest BCUT2D eigenvalue weighted by atomic mass is 16.5. The van der Waals surface area contributed by atoms with E-state index in [1.54, 1.807) is 6.92 Å². The van der Waals surface area contributed by atoms with Crippen LogP contribution in [0.5, 0.6) is 0 Å². The van der Waals surface area contributed by atoms with Gasteiger partial charge in [0.1, 0.15) is 12.1 Å². The van der Waals surface area contributed by atoms with Gasteiger partial charge in [-0.25, -0.2) is 0 Å². The molecule has 2 N–H and O–H groups in total. The van der Waals surface area contributed by atoms with Crippen molar-refractivity contribution in [3.05, 3.63) is 107 Å². The second kappa shape index (κ2) is 10.0. The molecule has 0 aliphatic heterocycles. The second-order valence-corrected chi connectivity index (χ2v) is 7.01. The van der Waals surface area contributed by atoms with E-state index in [9.17, 15) is 9.90 Å². The van der Waals surface area contributed by atoms with Gasteiger partial charge < -0.3 is 9.84 Å². The minimum atomic E-state index is -1.04. The van der Waals surface area contributed by atoms with Gasteiger partial charge in [-0.2, -0.15) is 0 Å². The summed E-state index contributed by atoms with van der Waals surface area (Å²) in [7, 11) is 0. The van der Waals surface area contributed by atoms with Crippen LogP contribution in [-0.2, 0) is 9.53 Å². The van der Waals surface area contributed by atoms with Crippen molar-refractivity contribution in [1.29, 1.82) is 0 Å². The zero-order chi connectivity index (χ0) is 20.6. The number of ether oxygens (including phenoxy) is 1. The Morgan fingerprint density at radius 1 is 0.862 bits per heavy atom. The summed E-state index contributed by atoms with van der Waals surface area (Å²) in [5.41, 5.74) is 3.77. The highest BCUT2D eigenvalue weighted by molar-refractivity contribution is 5.77. The first kappa shape index (κ1) is 20.8. The molecule has 3 aromatic carbocycles. The summed E-state index contributed by atoms with van der Waals surface area (Å²) in [5.74, 6) is -0.475. The smallest absolute Gasteiger partial charge is 0.326 e. The fourth-order valence-electron chi connectivity index (χ4n) is 3.33. The number of hydrogen-bond acceptors (Lipinski definition) is 4. The van der Waals surface area contributed by atoms with E-state index < -0.39 is 18.1 Å². The summed E-state index contributed by atoms with van der Waals surface area (Å²) >= 11 is 0. The highest BCUT2D eigenvalue weighted by Gasteiger charge is 2.32. The summed E-state index contributed by atoms with van der Waals surface area (Å²) in [6.45, 7) is 4.00. The van der Waals surface area contributed by atoms with E-state index in [-0.39, 0.29) is 12.6 Å². The number of esters is 1. The fourth-order valence-corrected chi connectivity index (χ4v) is 3.33. The van der Waals surface area contributed by atoms with Gasteiger partial charge >= 0.3 is 5.97 Å². The first-order chi connectivity index (χ1) is 14.1. The standard InChI is InChI=1S/C25H27NO3/c1-3-29-25(28)23(24(27)21-16-14-18(2)15-17-21)26-22(19-10-6-4-7-11-19)20-12-8-5-9-13-20/h4-17,22-24,26-27H,3H2,1-2H3/t23-,24+/m1/s1. The zero-order valence-electron chi connectivity index (χ0n) is 16.8. The Labute approximate surface area is 172 Å². The van der Waals surface area contributed by atoms with Gasteiger partial charge in [0.2, 0.25) is 0 Å². The number of carbonyl (C=O) groups excluding carboxylic acids is 1. The zero-order valence-corrected chi connectivity index (χ0v) is 16.8. The average Bonchev–Trinajstić information content (AvgIpc) is 2.76. The van der Waals surface area contributed by atoms with Crippen LogP contribution in [0.2, 0.25) is 0 Å². The van der Waals surface area contributed by atoms with Gasteiger partial charge in [-0.05, 0) is 30.5 Å². The topological polar surface area (TPSA) is 58.6 Å². The molecule has 0 spiro atoms. The molecule has 150 valence electrons. The Morgan fingerprint density at radius 2 is 1.38 bits per heavy atom. The molecule has 0 bridgehead atoms. The molecule has 2 atom stereocenters. The van der Waals surface area contributed by atoms with Crippen LogP contribution in [0.4, 0.5) is 0 Å². The van der Waals surface area contributed by atoms with Crippen molar-refractivity contribution in [2.75, 3.05) is 6.61 Å². The maximum atomic E-state index is 12.8. The van der Waals surface area contributed by atoms with Crippen LogP contribution in [0.3, 0.4) is 0 Å². The van der Waals surface area contributed by atoms with Gasteiger partial charge in [0.05, 0.1) is 12.6 Å². The molecule has 0 unspecified atom stereocenters. The fraction of sp³-hybridized carbons (Fsp3) is 0.240. The third-order valence-corrected chi connectivity index (χ3v) is 4.89. The monoisotopic (exact) mass is 389 g/mol. The van der Waals surface area contributed by atoms with E-state index in [0.29, 0.717) is 5.56 Å². The largest absolute Gasteiger partial charge is 0.465 e. The first-order valence-corrected chi connectivity index (χ1v) is 9.87. The van der Waals surface area contributed by atoms with Gasteiger partial charge in [0, 0.05) is 0 Å². The van der Waals surface area contributed by atoms with Crippen molar-refractivity contribution in [3.8, 4) is 0 Å². The predicted octanol–water partition coefficient (Wildman–Crippen LogP) is 4.34. The number of aryl methyl sites for hydroxylation is 1. The number of carbonyl (C=O) groups is 1. The van der Waals surface area contributed by atoms with Crippen molar-refractivity contribution < 1.29 is 14.6 Å². The van der Waals surface area contributed by atoms with Gasteiger partial charge in [-0.15, -0.1) is 0 Å². The van der Waals surface area contributed by atoms with E-state index >= 15 is 0 Å². The first-order valence-electron chi connectivity index (χ1n) is 9.87. The third-order valence-electron chi connectivity index (χ3n) is 4.89. The summed E-state index contributed by atoms with van der Waals surface area (Å²) in [6, 6.07) is 26.1. The number of aliphatic hydroxyl groups excluding tert-OH is 1. The number of nitrogens with one attached hydrogen (secondary N) is 1. The Bertz CT molecular complexity index is 855. The van der Waals surface area contributed by atoms with E-state index in [1.165, 1.54) is 0 Å². The maximum absolute atomic E-state index is 12.8. The van der Waals surface area contributed by atoms with Crippen molar-refractivity contribution in [2.24, 2.45) is 0 Å². The lowest BCUT2D eigenvalue weighted by molar-refractivity contribution is -0.149. The Balaban J connectivity index is 1.97. The summed E-state index contributed by atoms with van der Waals surface area (Å²) in [4.78, 5) is 12.8. The molecular formula is C25H27NO3. The molecule has 0 fully saturated rings. The normalized spacial score (nSPS) is 13.1. The third kappa shape index (κ3) is 5.31. The summed E-state index contributed by atoms with van der Waals surface area (Å²) < 4.78 is 5.28. The summed E-state index contributed by atoms with van der Waals surface area (Å²) in [5, 5.41) is 14.4. The van der Waals surface area contributed by atoms with Crippen molar-refractivity contribution in [3.63, 3.8) is 0 Å². The Hall–Kier alpha value is -2.95. The SMILES string of the molecule is CCOC(=O)[C@H](NC(c1ccccc1)c1ccccc1)[C@@H](O)c1ccc(C)cc1. The van der Waals surface area contributed by atoms with E-state index in [1.807, 2.05) is 91.9 Å². The molecule has 0 saturated carbocycles. The molecule has 0 saturated heterocycles. The molecule has 0 aliphatic rings. The van der Waals surface area contributed by atoms with E-state index in [0.717, 1.165) is 16.7 Å². The van der Waals surface area contributed by atoms with Crippen LogP contribution < -0.4 is 5.32 Å². The average molecular weight is 389 g/mol. The molecule has 0 aliphatic carbocycles. The van der Waals surface area contributed by atoms with Crippen LogP contribution >= 0.6 is 0 Å². The maximum Gasteiger partial charge on any atom is 0.326 e. The number of hydrogen-bond donors (Lipinski definition) is 2. The molecule has 4 nitrogen and oxygen atoms in total. The Kier molecular flexibility index (Phi) is 7.17. The van der Waals surface area contributed by atoms with Gasteiger partial charge in [0.15, 0.2) is 0 Å². The van der Waals surface area contributed by atoms with E-state index in [2.05, 4.69) is 5.32 Å². The molecule has 0 amide bonds. The van der Waals surface area contributed by atoms with Crippen molar-refractivity contribution in [2.45, 2.75) is 32.0 Å². The molecule has 4 heteroatoms.